The standard InChI is InChI=1S/C14H18N2O4S/c1-10(14(17)18)4-3-7-16-21(19,20)13-6-5-12(9-15)11(2)8-13/h5-6,8,10,16H,3-4,7H2,1-2H3,(H,17,18). The molecule has 7 heteroatoms. The highest BCUT2D eigenvalue weighted by Gasteiger charge is 2.15. The van der Waals surface area contributed by atoms with Crippen LogP contribution in [0.25, 0.3) is 0 Å². The Balaban J connectivity index is 2.64. The van der Waals surface area contributed by atoms with E-state index in [2.05, 4.69) is 4.72 Å². The van der Waals surface area contributed by atoms with Crippen LogP contribution in [0, 0.1) is 24.2 Å². The molecule has 21 heavy (non-hydrogen) atoms. The van der Waals surface area contributed by atoms with Gasteiger partial charge in [0.25, 0.3) is 0 Å². The quantitative estimate of drug-likeness (QED) is 0.744. The number of carboxylic acid groups (broad SMARTS) is 1. The molecule has 1 atom stereocenters. The van der Waals surface area contributed by atoms with Gasteiger partial charge in [0.1, 0.15) is 0 Å². The number of rotatable bonds is 7. The second-order valence-electron chi connectivity index (χ2n) is 4.87. The van der Waals surface area contributed by atoms with Gasteiger partial charge in [-0.05, 0) is 43.5 Å². The molecule has 0 aliphatic heterocycles. The van der Waals surface area contributed by atoms with Crippen LogP contribution in [0.3, 0.4) is 0 Å². The van der Waals surface area contributed by atoms with Crippen molar-refractivity contribution < 1.29 is 18.3 Å². The average molecular weight is 310 g/mol. The minimum atomic E-state index is -3.63. The van der Waals surface area contributed by atoms with E-state index in [1.807, 2.05) is 6.07 Å². The van der Waals surface area contributed by atoms with Gasteiger partial charge in [-0.15, -0.1) is 0 Å². The summed E-state index contributed by atoms with van der Waals surface area (Å²) in [6.07, 6.45) is 0.853. The Morgan fingerprint density at radius 1 is 1.48 bits per heavy atom. The van der Waals surface area contributed by atoms with Gasteiger partial charge in [0.05, 0.1) is 22.4 Å². The van der Waals surface area contributed by atoms with Gasteiger partial charge in [0, 0.05) is 6.54 Å². The lowest BCUT2D eigenvalue weighted by atomic mass is 10.1. The molecule has 1 unspecified atom stereocenters. The first-order chi connectivity index (χ1) is 9.77. The number of nitriles is 1. The number of carboxylic acids is 1. The average Bonchev–Trinajstić information content (AvgIpc) is 2.43. The highest BCUT2D eigenvalue weighted by molar-refractivity contribution is 7.89. The summed E-state index contributed by atoms with van der Waals surface area (Å²) in [4.78, 5) is 10.7. The lowest BCUT2D eigenvalue weighted by Gasteiger charge is -2.09. The maximum atomic E-state index is 12.1. The Kier molecular flexibility index (Phi) is 5.88. The van der Waals surface area contributed by atoms with E-state index in [0.717, 1.165) is 0 Å². The summed E-state index contributed by atoms with van der Waals surface area (Å²) in [5.41, 5.74) is 1.03. The molecule has 0 radical (unpaired) electrons. The van der Waals surface area contributed by atoms with Crippen molar-refractivity contribution in [1.29, 1.82) is 5.26 Å². The number of hydrogen-bond acceptors (Lipinski definition) is 4. The van der Waals surface area contributed by atoms with Crippen molar-refractivity contribution in [3.8, 4) is 6.07 Å². The van der Waals surface area contributed by atoms with Crippen LogP contribution in [-0.2, 0) is 14.8 Å². The van der Waals surface area contributed by atoms with Crippen LogP contribution in [0.5, 0.6) is 0 Å². The van der Waals surface area contributed by atoms with Gasteiger partial charge in [-0.25, -0.2) is 13.1 Å². The predicted octanol–water partition coefficient (Wildman–Crippen LogP) is 1.65. The third kappa shape index (κ3) is 4.85. The number of carbonyl (C=O) groups is 1. The first-order valence-electron chi connectivity index (χ1n) is 6.51. The topological polar surface area (TPSA) is 107 Å². The molecule has 0 bridgehead atoms. The van der Waals surface area contributed by atoms with Crippen LogP contribution < -0.4 is 4.72 Å². The van der Waals surface area contributed by atoms with Gasteiger partial charge in [-0.2, -0.15) is 5.26 Å². The van der Waals surface area contributed by atoms with E-state index >= 15 is 0 Å². The summed E-state index contributed by atoms with van der Waals surface area (Å²) >= 11 is 0. The van der Waals surface area contributed by atoms with Crippen molar-refractivity contribution in [2.75, 3.05) is 6.54 Å². The lowest BCUT2D eigenvalue weighted by Crippen LogP contribution is -2.25. The van der Waals surface area contributed by atoms with E-state index in [-0.39, 0.29) is 11.4 Å². The smallest absolute Gasteiger partial charge is 0.306 e. The van der Waals surface area contributed by atoms with Crippen LogP contribution in [0.15, 0.2) is 23.1 Å². The van der Waals surface area contributed by atoms with E-state index < -0.39 is 21.9 Å². The zero-order valence-electron chi connectivity index (χ0n) is 12.0. The Bertz CT molecular complexity index is 662. The molecule has 1 aromatic carbocycles. The van der Waals surface area contributed by atoms with Gasteiger partial charge in [-0.1, -0.05) is 6.92 Å². The second-order valence-corrected chi connectivity index (χ2v) is 6.63. The number of nitrogens with zero attached hydrogens (tertiary/aromatic N) is 1. The molecule has 6 nitrogen and oxygen atoms in total. The molecule has 0 amide bonds. The number of aliphatic carboxylic acids is 1. The first-order valence-corrected chi connectivity index (χ1v) is 7.99. The Hall–Kier alpha value is -1.91. The highest BCUT2D eigenvalue weighted by atomic mass is 32.2. The van der Waals surface area contributed by atoms with E-state index in [4.69, 9.17) is 10.4 Å². The molecule has 0 heterocycles. The Morgan fingerprint density at radius 2 is 2.14 bits per heavy atom. The fourth-order valence-corrected chi connectivity index (χ4v) is 2.91. The summed E-state index contributed by atoms with van der Waals surface area (Å²) in [5, 5.41) is 17.6. The van der Waals surface area contributed by atoms with E-state index in [1.165, 1.54) is 18.2 Å². The van der Waals surface area contributed by atoms with Gasteiger partial charge in [-0.3, -0.25) is 4.79 Å². The molecule has 114 valence electrons. The SMILES string of the molecule is Cc1cc(S(=O)(=O)NCCCC(C)C(=O)O)ccc1C#N. The Morgan fingerprint density at radius 3 is 2.67 bits per heavy atom. The molecule has 2 N–H and O–H groups in total. The normalized spacial score (nSPS) is 12.6. The fourth-order valence-electron chi connectivity index (χ4n) is 1.75. The molecular weight excluding hydrogens is 292 g/mol. The molecular formula is C14H18N2O4S. The molecule has 0 aliphatic carbocycles. The minimum absolute atomic E-state index is 0.102. The lowest BCUT2D eigenvalue weighted by molar-refractivity contribution is -0.141. The zero-order chi connectivity index (χ0) is 16.0. The van der Waals surface area contributed by atoms with Crippen molar-refractivity contribution in [2.24, 2.45) is 5.92 Å². The first kappa shape index (κ1) is 17.1. The highest BCUT2D eigenvalue weighted by Crippen LogP contribution is 2.15. The number of aryl methyl sites for hydroxylation is 1. The largest absolute Gasteiger partial charge is 0.481 e. The number of benzene rings is 1. The monoisotopic (exact) mass is 310 g/mol. The van der Waals surface area contributed by atoms with Gasteiger partial charge in [0.2, 0.25) is 10.0 Å². The molecule has 0 spiro atoms. The third-order valence-corrected chi connectivity index (χ3v) is 4.61. The summed E-state index contributed by atoms with van der Waals surface area (Å²) < 4.78 is 26.5. The van der Waals surface area contributed by atoms with Crippen LogP contribution in [0.2, 0.25) is 0 Å². The predicted molar refractivity (Wildman–Crippen MR) is 77.1 cm³/mol. The maximum Gasteiger partial charge on any atom is 0.306 e. The number of nitrogens with one attached hydrogen (secondary N) is 1. The molecule has 1 aromatic rings. The number of hydrogen-bond donors (Lipinski definition) is 2. The van der Waals surface area contributed by atoms with E-state index in [1.54, 1.807) is 13.8 Å². The maximum absolute atomic E-state index is 12.1. The van der Waals surface area contributed by atoms with Crippen molar-refractivity contribution >= 4 is 16.0 Å². The van der Waals surface area contributed by atoms with Crippen molar-refractivity contribution in [3.05, 3.63) is 29.3 Å². The summed E-state index contributed by atoms with van der Waals surface area (Å²) in [5.74, 6) is -1.38. The zero-order valence-corrected chi connectivity index (χ0v) is 12.8. The number of sulfonamides is 1. The van der Waals surface area contributed by atoms with Crippen LogP contribution in [0.1, 0.15) is 30.9 Å². The summed E-state index contributed by atoms with van der Waals surface area (Å²) in [7, 11) is -3.63. The molecule has 0 saturated heterocycles. The molecule has 0 fully saturated rings. The van der Waals surface area contributed by atoms with Crippen LogP contribution >= 0.6 is 0 Å². The van der Waals surface area contributed by atoms with Gasteiger partial charge >= 0.3 is 5.97 Å². The molecule has 0 aromatic heterocycles. The Labute approximate surface area is 124 Å². The molecule has 0 aliphatic rings. The molecule has 1 rings (SSSR count). The van der Waals surface area contributed by atoms with E-state index in [0.29, 0.717) is 24.0 Å². The van der Waals surface area contributed by atoms with Crippen molar-refractivity contribution in [3.63, 3.8) is 0 Å². The van der Waals surface area contributed by atoms with Crippen LogP contribution in [0.4, 0.5) is 0 Å². The second kappa shape index (κ2) is 7.20. The van der Waals surface area contributed by atoms with E-state index in [9.17, 15) is 13.2 Å². The van der Waals surface area contributed by atoms with Crippen LogP contribution in [-0.4, -0.2) is 26.0 Å². The van der Waals surface area contributed by atoms with Gasteiger partial charge < -0.3 is 5.11 Å². The summed E-state index contributed by atoms with van der Waals surface area (Å²) in [6, 6.07) is 6.27. The minimum Gasteiger partial charge on any atom is -0.481 e. The summed E-state index contributed by atoms with van der Waals surface area (Å²) in [6.45, 7) is 3.44. The third-order valence-electron chi connectivity index (χ3n) is 3.16. The van der Waals surface area contributed by atoms with Gasteiger partial charge in [0.15, 0.2) is 0 Å². The van der Waals surface area contributed by atoms with Crippen molar-refractivity contribution in [1.82, 2.24) is 4.72 Å². The molecule has 0 saturated carbocycles. The fraction of sp³-hybridized carbons (Fsp3) is 0.429. The van der Waals surface area contributed by atoms with Crippen molar-refractivity contribution in [2.45, 2.75) is 31.6 Å².